The number of hydrogen-bond acceptors (Lipinski definition) is 4. The van der Waals surface area contributed by atoms with E-state index in [4.69, 9.17) is 4.98 Å². The van der Waals surface area contributed by atoms with Crippen LogP contribution in [0.2, 0.25) is 0 Å². The molecular weight excluding hydrogens is 390 g/mol. The second-order valence-electron chi connectivity index (χ2n) is 7.82. The maximum absolute atomic E-state index is 12.9. The fourth-order valence-corrected chi connectivity index (χ4v) is 3.69. The van der Waals surface area contributed by atoms with E-state index in [0.717, 1.165) is 22.4 Å². The van der Waals surface area contributed by atoms with Crippen LogP contribution in [-0.4, -0.2) is 25.2 Å². The standard InChI is InChI=1S/C24H25N5O2/c1-16(2)29-21-12-8-7-11-19(21)26-23(29)17(3)25-24(31)20-13-14-22(30)28(27-20)15-18-9-5-4-6-10-18/h4-14,16-17H,15H2,1-3H3,(H,25,31)/t17-/m1/s1. The minimum atomic E-state index is -0.350. The van der Waals surface area contributed by atoms with Gasteiger partial charge in [-0.25, -0.2) is 9.67 Å². The zero-order chi connectivity index (χ0) is 22.0. The Morgan fingerprint density at radius 1 is 0.968 bits per heavy atom. The molecule has 0 fully saturated rings. The fourth-order valence-electron chi connectivity index (χ4n) is 3.69. The average molecular weight is 415 g/mol. The number of benzene rings is 2. The first kappa shape index (κ1) is 20.5. The minimum absolute atomic E-state index is 0.188. The van der Waals surface area contributed by atoms with Gasteiger partial charge in [0, 0.05) is 12.1 Å². The summed E-state index contributed by atoms with van der Waals surface area (Å²) in [5.74, 6) is 0.429. The van der Waals surface area contributed by atoms with Gasteiger partial charge in [-0.1, -0.05) is 42.5 Å². The van der Waals surface area contributed by atoms with E-state index in [1.807, 2.05) is 61.5 Å². The van der Waals surface area contributed by atoms with Crippen LogP contribution in [0.25, 0.3) is 11.0 Å². The largest absolute Gasteiger partial charge is 0.341 e. The number of carbonyl (C=O) groups excluding carboxylic acids is 1. The molecule has 0 unspecified atom stereocenters. The number of rotatable bonds is 6. The second kappa shape index (κ2) is 8.55. The van der Waals surface area contributed by atoms with Crippen LogP contribution in [0.5, 0.6) is 0 Å². The molecule has 0 aliphatic rings. The molecule has 0 radical (unpaired) electrons. The number of para-hydroxylation sites is 2. The van der Waals surface area contributed by atoms with E-state index in [1.165, 1.54) is 16.8 Å². The highest BCUT2D eigenvalue weighted by Crippen LogP contribution is 2.25. The van der Waals surface area contributed by atoms with Gasteiger partial charge in [-0.15, -0.1) is 0 Å². The van der Waals surface area contributed by atoms with Crippen LogP contribution in [0, 0.1) is 0 Å². The van der Waals surface area contributed by atoms with E-state index >= 15 is 0 Å². The van der Waals surface area contributed by atoms with Crippen molar-refractivity contribution in [3.05, 3.63) is 94.2 Å². The van der Waals surface area contributed by atoms with Crippen molar-refractivity contribution in [3.8, 4) is 0 Å². The normalized spacial score (nSPS) is 12.3. The van der Waals surface area contributed by atoms with E-state index in [9.17, 15) is 9.59 Å². The van der Waals surface area contributed by atoms with Crippen LogP contribution in [-0.2, 0) is 6.54 Å². The molecule has 31 heavy (non-hydrogen) atoms. The smallest absolute Gasteiger partial charge is 0.272 e. The Kier molecular flexibility index (Phi) is 5.66. The van der Waals surface area contributed by atoms with Gasteiger partial charge in [-0.3, -0.25) is 9.59 Å². The molecule has 2 aromatic heterocycles. The molecule has 4 aromatic rings. The van der Waals surface area contributed by atoms with Crippen molar-refractivity contribution in [1.82, 2.24) is 24.6 Å². The van der Waals surface area contributed by atoms with Gasteiger partial charge in [-0.05, 0) is 44.5 Å². The van der Waals surface area contributed by atoms with Crippen LogP contribution in [0.1, 0.15) is 54.7 Å². The molecule has 4 rings (SSSR count). The highest BCUT2D eigenvalue weighted by atomic mass is 16.2. The average Bonchev–Trinajstić information content (AvgIpc) is 3.16. The molecule has 158 valence electrons. The van der Waals surface area contributed by atoms with Crippen molar-refractivity contribution in [2.45, 2.75) is 39.4 Å². The van der Waals surface area contributed by atoms with Crippen LogP contribution < -0.4 is 10.9 Å². The number of fused-ring (bicyclic) bond motifs is 1. The van der Waals surface area contributed by atoms with Crippen LogP contribution in [0.4, 0.5) is 0 Å². The first-order valence-electron chi connectivity index (χ1n) is 10.3. The van der Waals surface area contributed by atoms with Crippen LogP contribution in [0.3, 0.4) is 0 Å². The van der Waals surface area contributed by atoms with Gasteiger partial charge in [0.1, 0.15) is 11.5 Å². The van der Waals surface area contributed by atoms with Gasteiger partial charge in [0.15, 0.2) is 0 Å². The predicted molar refractivity (Wildman–Crippen MR) is 120 cm³/mol. The quantitative estimate of drug-likeness (QED) is 0.520. The summed E-state index contributed by atoms with van der Waals surface area (Å²) in [4.78, 5) is 29.9. The summed E-state index contributed by atoms with van der Waals surface area (Å²) in [7, 11) is 0. The maximum Gasteiger partial charge on any atom is 0.272 e. The molecule has 1 amide bonds. The molecular formula is C24H25N5O2. The number of amides is 1. The van der Waals surface area contributed by atoms with E-state index < -0.39 is 0 Å². The third-order valence-electron chi connectivity index (χ3n) is 5.15. The summed E-state index contributed by atoms with van der Waals surface area (Å²) in [5.41, 5.74) is 2.79. The first-order valence-corrected chi connectivity index (χ1v) is 10.3. The molecule has 0 aliphatic heterocycles. The Hall–Kier alpha value is -3.74. The predicted octanol–water partition coefficient (Wildman–Crippen LogP) is 3.71. The van der Waals surface area contributed by atoms with Gasteiger partial charge >= 0.3 is 0 Å². The van der Waals surface area contributed by atoms with Gasteiger partial charge in [0.05, 0.1) is 23.6 Å². The Morgan fingerprint density at radius 2 is 1.68 bits per heavy atom. The number of carbonyl (C=O) groups is 1. The summed E-state index contributed by atoms with van der Waals surface area (Å²) in [5, 5.41) is 7.26. The van der Waals surface area contributed by atoms with Gasteiger partial charge in [0.25, 0.3) is 11.5 Å². The summed E-state index contributed by atoms with van der Waals surface area (Å²) in [6, 6.07) is 20.2. The Balaban J connectivity index is 1.59. The molecule has 0 saturated carbocycles. The molecule has 0 saturated heterocycles. The molecule has 1 atom stereocenters. The summed E-state index contributed by atoms with van der Waals surface area (Å²) >= 11 is 0. The summed E-state index contributed by atoms with van der Waals surface area (Å²) < 4.78 is 3.43. The lowest BCUT2D eigenvalue weighted by Crippen LogP contribution is -2.32. The van der Waals surface area contributed by atoms with Crippen molar-refractivity contribution in [1.29, 1.82) is 0 Å². The lowest BCUT2D eigenvalue weighted by atomic mass is 10.2. The van der Waals surface area contributed by atoms with Gasteiger partial charge < -0.3 is 9.88 Å². The molecule has 7 nitrogen and oxygen atoms in total. The maximum atomic E-state index is 12.9. The highest BCUT2D eigenvalue weighted by Gasteiger charge is 2.21. The number of imidazole rings is 1. The Morgan fingerprint density at radius 3 is 2.42 bits per heavy atom. The molecule has 2 heterocycles. The minimum Gasteiger partial charge on any atom is -0.341 e. The lowest BCUT2D eigenvalue weighted by Gasteiger charge is -2.18. The number of hydrogen-bond donors (Lipinski definition) is 1. The molecule has 7 heteroatoms. The molecule has 0 aliphatic carbocycles. The number of aromatic nitrogens is 4. The highest BCUT2D eigenvalue weighted by molar-refractivity contribution is 5.92. The zero-order valence-corrected chi connectivity index (χ0v) is 17.8. The van der Waals surface area contributed by atoms with E-state index in [2.05, 4.69) is 28.8 Å². The van der Waals surface area contributed by atoms with Crippen molar-refractivity contribution in [2.75, 3.05) is 0 Å². The number of nitrogens with zero attached hydrogens (tertiary/aromatic N) is 4. The van der Waals surface area contributed by atoms with Crippen LogP contribution in [0.15, 0.2) is 71.5 Å². The van der Waals surface area contributed by atoms with Crippen molar-refractivity contribution in [3.63, 3.8) is 0 Å². The Labute approximate surface area is 180 Å². The Bertz CT molecular complexity index is 1270. The van der Waals surface area contributed by atoms with Crippen molar-refractivity contribution >= 4 is 16.9 Å². The van der Waals surface area contributed by atoms with E-state index in [0.29, 0.717) is 6.54 Å². The molecule has 0 spiro atoms. The van der Waals surface area contributed by atoms with Gasteiger partial charge in [0.2, 0.25) is 0 Å². The third kappa shape index (κ3) is 4.26. The van der Waals surface area contributed by atoms with Crippen molar-refractivity contribution in [2.24, 2.45) is 0 Å². The van der Waals surface area contributed by atoms with E-state index in [1.54, 1.807) is 0 Å². The molecule has 2 aromatic carbocycles. The zero-order valence-electron chi connectivity index (χ0n) is 17.8. The fraction of sp³-hybridized carbons (Fsp3) is 0.250. The monoisotopic (exact) mass is 415 g/mol. The first-order chi connectivity index (χ1) is 14.9. The summed E-state index contributed by atoms with van der Waals surface area (Å²) in [6.45, 7) is 6.39. The lowest BCUT2D eigenvalue weighted by molar-refractivity contribution is 0.0930. The molecule has 1 N–H and O–H groups in total. The van der Waals surface area contributed by atoms with E-state index in [-0.39, 0.29) is 29.2 Å². The van der Waals surface area contributed by atoms with Crippen molar-refractivity contribution < 1.29 is 4.79 Å². The third-order valence-corrected chi connectivity index (χ3v) is 5.15. The summed E-state index contributed by atoms with van der Waals surface area (Å²) in [6.07, 6.45) is 0. The number of nitrogens with one attached hydrogen (secondary N) is 1. The topological polar surface area (TPSA) is 81.8 Å². The molecule has 0 bridgehead atoms. The van der Waals surface area contributed by atoms with Crippen LogP contribution >= 0.6 is 0 Å². The SMILES string of the molecule is CC(C)n1c([C@@H](C)NC(=O)c2ccc(=O)n(Cc3ccccc3)n2)nc2ccccc21. The second-order valence-corrected chi connectivity index (χ2v) is 7.82. The van der Waals surface area contributed by atoms with Gasteiger partial charge in [-0.2, -0.15) is 5.10 Å².